The Bertz CT molecular complexity index is 341. The second-order valence-electron chi connectivity index (χ2n) is 2.30. The standard InChI is InChI=1S/C9H6FNO/c10-9-2-1-7(3-4-11)8(5-9)6-12/h1-2,5-6H,3H2. The van der Waals surface area contributed by atoms with Crippen molar-refractivity contribution in [1.82, 2.24) is 0 Å². The van der Waals surface area contributed by atoms with Gasteiger partial charge in [-0.15, -0.1) is 0 Å². The quantitative estimate of drug-likeness (QED) is 0.622. The Morgan fingerprint density at radius 1 is 1.58 bits per heavy atom. The highest BCUT2D eigenvalue weighted by Gasteiger charge is 2.01. The van der Waals surface area contributed by atoms with Crippen molar-refractivity contribution in [2.24, 2.45) is 0 Å². The fourth-order valence-corrected chi connectivity index (χ4v) is 0.922. The molecule has 0 aliphatic rings. The Morgan fingerprint density at radius 3 is 2.92 bits per heavy atom. The maximum absolute atomic E-state index is 12.5. The smallest absolute Gasteiger partial charge is 0.150 e. The fraction of sp³-hybridized carbons (Fsp3) is 0.111. The van der Waals surface area contributed by atoms with Crippen molar-refractivity contribution in [3.63, 3.8) is 0 Å². The highest BCUT2D eigenvalue weighted by Crippen LogP contribution is 2.09. The minimum absolute atomic E-state index is 0.133. The molecule has 0 amide bonds. The first kappa shape index (κ1) is 8.41. The van der Waals surface area contributed by atoms with E-state index in [-0.39, 0.29) is 12.0 Å². The van der Waals surface area contributed by atoms with Crippen molar-refractivity contribution in [2.75, 3.05) is 0 Å². The van der Waals surface area contributed by atoms with E-state index in [0.717, 1.165) is 6.07 Å². The number of nitrogens with zero attached hydrogens (tertiary/aromatic N) is 1. The highest BCUT2D eigenvalue weighted by molar-refractivity contribution is 5.77. The molecule has 3 heteroatoms. The van der Waals surface area contributed by atoms with Crippen LogP contribution < -0.4 is 0 Å². The number of halogens is 1. The molecule has 60 valence electrons. The van der Waals surface area contributed by atoms with Gasteiger partial charge in [0.15, 0.2) is 0 Å². The van der Waals surface area contributed by atoms with E-state index < -0.39 is 5.82 Å². The van der Waals surface area contributed by atoms with Gasteiger partial charge in [-0.2, -0.15) is 5.26 Å². The average Bonchev–Trinajstić information content (AvgIpc) is 2.08. The Hall–Kier alpha value is -1.69. The first-order valence-corrected chi connectivity index (χ1v) is 3.38. The average molecular weight is 163 g/mol. The summed E-state index contributed by atoms with van der Waals surface area (Å²) in [6.07, 6.45) is 0.685. The first-order chi connectivity index (χ1) is 5.77. The maximum atomic E-state index is 12.5. The van der Waals surface area contributed by atoms with Crippen molar-refractivity contribution in [3.8, 4) is 6.07 Å². The molecule has 0 fully saturated rings. The molecule has 0 bridgehead atoms. The molecule has 2 nitrogen and oxygen atoms in total. The summed E-state index contributed by atoms with van der Waals surface area (Å²) in [5.41, 5.74) is 0.811. The summed E-state index contributed by atoms with van der Waals surface area (Å²) in [6.45, 7) is 0. The third-order valence-electron chi connectivity index (χ3n) is 1.50. The maximum Gasteiger partial charge on any atom is 0.150 e. The molecule has 1 aromatic carbocycles. The van der Waals surface area contributed by atoms with E-state index in [9.17, 15) is 9.18 Å². The van der Waals surface area contributed by atoms with E-state index in [4.69, 9.17) is 5.26 Å². The van der Waals surface area contributed by atoms with Gasteiger partial charge in [-0.1, -0.05) is 6.07 Å². The number of carbonyl (C=O) groups excluding carboxylic acids is 1. The molecule has 0 aliphatic heterocycles. The predicted octanol–water partition coefficient (Wildman–Crippen LogP) is 1.70. The zero-order valence-corrected chi connectivity index (χ0v) is 6.25. The van der Waals surface area contributed by atoms with Crippen molar-refractivity contribution in [2.45, 2.75) is 6.42 Å². The Balaban J connectivity index is 3.12. The van der Waals surface area contributed by atoms with Crippen LogP contribution in [-0.2, 0) is 6.42 Å². The summed E-state index contributed by atoms with van der Waals surface area (Å²) in [6, 6.07) is 5.70. The molecule has 12 heavy (non-hydrogen) atoms. The zero-order valence-electron chi connectivity index (χ0n) is 6.25. The van der Waals surface area contributed by atoms with E-state index >= 15 is 0 Å². The lowest BCUT2D eigenvalue weighted by Crippen LogP contribution is -1.92. The van der Waals surface area contributed by atoms with Gasteiger partial charge in [0.2, 0.25) is 0 Å². The Morgan fingerprint density at radius 2 is 2.33 bits per heavy atom. The van der Waals surface area contributed by atoms with Gasteiger partial charge < -0.3 is 0 Å². The molecule has 0 spiro atoms. The molecular formula is C9H6FNO. The van der Waals surface area contributed by atoms with E-state index in [1.807, 2.05) is 6.07 Å². The number of hydrogen-bond acceptors (Lipinski definition) is 2. The third kappa shape index (κ3) is 1.67. The molecule has 1 rings (SSSR count). The predicted molar refractivity (Wildman–Crippen MR) is 41.1 cm³/mol. The van der Waals surface area contributed by atoms with Crippen molar-refractivity contribution in [1.29, 1.82) is 5.26 Å². The van der Waals surface area contributed by atoms with Gasteiger partial charge in [-0.3, -0.25) is 4.79 Å². The van der Waals surface area contributed by atoms with Crippen LogP contribution in [0, 0.1) is 17.1 Å². The minimum Gasteiger partial charge on any atom is -0.298 e. The van der Waals surface area contributed by atoms with E-state index in [2.05, 4.69) is 0 Å². The number of rotatable bonds is 2. The van der Waals surface area contributed by atoms with Crippen molar-refractivity contribution >= 4 is 6.29 Å². The second-order valence-corrected chi connectivity index (χ2v) is 2.30. The molecule has 0 atom stereocenters. The fourth-order valence-electron chi connectivity index (χ4n) is 0.922. The summed E-state index contributed by atoms with van der Waals surface area (Å²) in [5, 5.41) is 8.35. The van der Waals surface area contributed by atoms with Crippen LogP contribution in [-0.4, -0.2) is 6.29 Å². The first-order valence-electron chi connectivity index (χ1n) is 3.38. The number of carbonyl (C=O) groups is 1. The number of nitriles is 1. The van der Waals surface area contributed by atoms with Gasteiger partial charge >= 0.3 is 0 Å². The van der Waals surface area contributed by atoms with Crippen LogP contribution in [0.15, 0.2) is 18.2 Å². The molecule has 0 aromatic heterocycles. The largest absolute Gasteiger partial charge is 0.298 e. The number of benzene rings is 1. The van der Waals surface area contributed by atoms with Gasteiger partial charge in [0.05, 0.1) is 12.5 Å². The molecule has 0 unspecified atom stereocenters. The van der Waals surface area contributed by atoms with Gasteiger partial charge in [0.25, 0.3) is 0 Å². The normalized spacial score (nSPS) is 9.00. The summed E-state index contributed by atoms with van der Waals surface area (Å²) in [7, 11) is 0. The number of hydrogen-bond donors (Lipinski definition) is 0. The van der Waals surface area contributed by atoms with Gasteiger partial charge in [0.1, 0.15) is 12.1 Å². The van der Waals surface area contributed by atoms with Crippen LogP contribution in [0.3, 0.4) is 0 Å². The minimum atomic E-state index is -0.459. The topological polar surface area (TPSA) is 40.9 Å². The summed E-state index contributed by atoms with van der Waals surface area (Å²) >= 11 is 0. The summed E-state index contributed by atoms with van der Waals surface area (Å²) in [4.78, 5) is 10.4. The van der Waals surface area contributed by atoms with Crippen LogP contribution in [0.2, 0.25) is 0 Å². The van der Waals surface area contributed by atoms with E-state index in [1.165, 1.54) is 12.1 Å². The molecule has 0 radical (unpaired) electrons. The highest BCUT2D eigenvalue weighted by atomic mass is 19.1. The molecule has 0 N–H and O–H groups in total. The molecule has 0 saturated carbocycles. The van der Waals surface area contributed by atoms with Gasteiger partial charge in [-0.05, 0) is 17.7 Å². The van der Waals surface area contributed by atoms with Crippen LogP contribution >= 0.6 is 0 Å². The van der Waals surface area contributed by atoms with Crippen molar-refractivity contribution in [3.05, 3.63) is 35.1 Å². The van der Waals surface area contributed by atoms with Gasteiger partial charge in [0, 0.05) is 5.56 Å². The zero-order chi connectivity index (χ0) is 8.97. The summed E-state index contributed by atoms with van der Waals surface area (Å²) in [5.74, 6) is -0.459. The monoisotopic (exact) mass is 163 g/mol. The molecular weight excluding hydrogens is 157 g/mol. The lowest BCUT2D eigenvalue weighted by molar-refractivity contribution is 0.112. The van der Waals surface area contributed by atoms with E-state index in [0.29, 0.717) is 11.8 Å². The molecule has 0 heterocycles. The third-order valence-corrected chi connectivity index (χ3v) is 1.50. The van der Waals surface area contributed by atoms with Crippen LogP contribution in [0.5, 0.6) is 0 Å². The molecule has 0 saturated heterocycles. The van der Waals surface area contributed by atoms with E-state index in [1.54, 1.807) is 0 Å². The Kier molecular flexibility index (Phi) is 2.54. The summed E-state index contributed by atoms with van der Waals surface area (Å²) < 4.78 is 12.5. The Labute approximate surface area is 69.2 Å². The van der Waals surface area contributed by atoms with Crippen molar-refractivity contribution < 1.29 is 9.18 Å². The van der Waals surface area contributed by atoms with Gasteiger partial charge in [-0.25, -0.2) is 4.39 Å². The lowest BCUT2D eigenvalue weighted by Gasteiger charge is -1.98. The molecule has 1 aromatic rings. The lowest BCUT2D eigenvalue weighted by atomic mass is 10.1. The molecule has 0 aliphatic carbocycles. The van der Waals surface area contributed by atoms with Crippen LogP contribution in [0.25, 0.3) is 0 Å². The number of aldehydes is 1. The van der Waals surface area contributed by atoms with Crippen LogP contribution in [0.4, 0.5) is 4.39 Å². The van der Waals surface area contributed by atoms with Crippen LogP contribution in [0.1, 0.15) is 15.9 Å². The second kappa shape index (κ2) is 3.63. The SMILES string of the molecule is N#CCc1ccc(F)cc1C=O.